The molecule has 0 saturated carbocycles. The van der Waals surface area contributed by atoms with Crippen LogP contribution in [0.4, 0.5) is 0 Å². The lowest BCUT2D eigenvalue weighted by Crippen LogP contribution is -2.56. The van der Waals surface area contributed by atoms with Crippen molar-refractivity contribution in [2.45, 2.75) is 38.0 Å². The number of nitrogens with one attached hydrogen (secondary N) is 1. The first-order valence-corrected chi connectivity index (χ1v) is 5.94. The molecule has 0 radical (unpaired) electrons. The van der Waals surface area contributed by atoms with Gasteiger partial charge >= 0.3 is 0 Å². The van der Waals surface area contributed by atoms with E-state index in [-0.39, 0.29) is 30.6 Å². The minimum Gasteiger partial charge on any atom is -0.394 e. The zero-order valence-electron chi connectivity index (χ0n) is 9.89. The van der Waals surface area contributed by atoms with E-state index in [0.717, 1.165) is 0 Å². The first-order chi connectivity index (χ1) is 8.11. The molecule has 0 bridgehead atoms. The SMILES string of the molecule is CC1COC(CO)CN1C(=O)[C@H]1CCC(=O)N1. The summed E-state index contributed by atoms with van der Waals surface area (Å²) in [6.45, 7) is 2.64. The molecule has 0 aromatic rings. The predicted octanol–water partition coefficient (Wildman–Crippen LogP) is -1.13. The fraction of sp³-hybridized carbons (Fsp3) is 0.818. The van der Waals surface area contributed by atoms with Gasteiger partial charge < -0.3 is 20.1 Å². The van der Waals surface area contributed by atoms with Crippen molar-refractivity contribution >= 4 is 11.8 Å². The second kappa shape index (κ2) is 5.01. The molecule has 0 aromatic heterocycles. The summed E-state index contributed by atoms with van der Waals surface area (Å²) in [6.07, 6.45) is 0.664. The van der Waals surface area contributed by atoms with Crippen LogP contribution in [-0.2, 0) is 14.3 Å². The van der Waals surface area contributed by atoms with Gasteiger partial charge in [-0.25, -0.2) is 0 Å². The molecule has 0 spiro atoms. The molecule has 96 valence electrons. The largest absolute Gasteiger partial charge is 0.394 e. The summed E-state index contributed by atoms with van der Waals surface area (Å²) in [5.74, 6) is -0.131. The molecule has 0 aromatic carbocycles. The number of nitrogens with zero attached hydrogens (tertiary/aromatic N) is 1. The van der Waals surface area contributed by atoms with Gasteiger partial charge in [-0.05, 0) is 13.3 Å². The highest BCUT2D eigenvalue weighted by molar-refractivity contribution is 5.91. The Morgan fingerprint density at radius 3 is 3.00 bits per heavy atom. The van der Waals surface area contributed by atoms with E-state index in [1.165, 1.54) is 0 Å². The van der Waals surface area contributed by atoms with Gasteiger partial charge in [0.15, 0.2) is 0 Å². The van der Waals surface area contributed by atoms with Crippen LogP contribution in [0.25, 0.3) is 0 Å². The van der Waals surface area contributed by atoms with E-state index >= 15 is 0 Å². The predicted molar refractivity (Wildman–Crippen MR) is 59.2 cm³/mol. The Kier molecular flexibility index (Phi) is 3.63. The lowest BCUT2D eigenvalue weighted by Gasteiger charge is -2.38. The maximum absolute atomic E-state index is 12.2. The molecule has 6 nitrogen and oxygen atoms in total. The van der Waals surface area contributed by atoms with Crippen LogP contribution in [0.3, 0.4) is 0 Å². The summed E-state index contributed by atoms with van der Waals surface area (Å²) in [5, 5.41) is 11.7. The molecular formula is C11H18N2O4. The molecule has 3 atom stereocenters. The van der Waals surface area contributed by atoms with Gasteiger partial charge in [0.05, 0.1) is 25.4 Å². The Bertz CT molecular complexity index is 321. The number of hydrogen-bond donors (Lipinski definition) is 2. The Morgan fingerprint density at radius 2 is 2.41 bits per heavy atom. The molecular weight excluding hydrogens is 224 g/mol. The first kappa shape index (κ1) is 12.3. The van der Waals surface area contributed by atoms with Gasteiger partial charge in [-0.15, -0.1) is 0 Å². The summed E-state index contributed by atoms with van der Waals surface area (Å²) in [7, 11) is 0. The maximum atomic E-state index is 12.2. The summed E-state index contributed by atoms with van der Waals surface area (Å²) in [4.78, 5) is 25.0. The molecule has 6 heteroatoms. The van der Waals surface area contributed by atoms with Crippen LogP contribution in [0.5, 0.6) is 0 Å². The third-order valence-electron chi connectivity index (χ3n) is 3.29. The standard InChI is InChI=1S/C11H18N2O4/c1-7-6-17-8(5-14)4-13(7)11(16)9-2-3-10(15)12-9/h7-9,14H,2-6H2,1H3,(H,12,15)/t7?,8?,9-/m1/s1. The second-order valence-corrected chi connectivity index (χ2v) is 4.64. The van der Waals surface area contributed by atoms with Gasteiger partial charge in [0, 0.05) is 13.0 Å². The highest BCUT2D eigenvalue weighted by Gasteiger charge is 2.36. The van der Waals surface area contributed by atoms with E-state index in [9.17, 15) is 9.59 Å². The molecule has 2 fully saturated rings. The van der Waals surface area contributed by atoms with E-state index in [0.29, 0.717) is 26.0 Å². The van der Waals surface area contributed by atoms with E-state index in [1.54, 1.807) is 4.90 Å². The van der Waals surface area contributed by atoms with Crippen LogP contribution in [0.15, 0.2) is 0 Å². The zero-order valence-corrected chi connectivity index (χ0v) is 9.89. The fourth-order valence-corrected chi connectivity index (χ4v) is 2.23. The molecule has 0 aliphatic carbocycles. The Balaban J connectivity index is 1.99. The van der Waals surface area contributed by atoms with Crippen molar-refractivity contribution in [2.24, 2.45) is 0 Å². The van der Waals surface area contributed by atoms with E-state index < -0.39 is 6.04 Å². The van der Waals surface area contributed by atoms with Crippen molar-refractivity contribution in [1.29, 1.82) is 0 Å². The lowest BCUT2D eigenvalue weighted by molar-refractivity contribution is -0.148. The molecule has 2 amide bonds. The fourth-order valence-electron chi connectivity index (χ4n) is 2.23. The summed E-state index contributed by atoms with van der Waals surface area (Å²) >= 11 is 0. The summed E-state index contributed by atoms with van der Waals surface area (Å²) < 4.78 is 5.37. The zero-order chi connectivity index (χ0) is 12.4. The number of hydrogen-bond acceptors (Lipinski definition) is 4. The summed E-state index contributed by atoms with van der Waals surface area (Å²) in [5.41, 5.74) is 0. The third kappa shape index (κ3) is 2.58. The van der Waals surface area contributed by atoms with Crippen molar-refractivity contribution in [3.8, 4) is 0 Å². The van der Waals surface area contributed by atoms with Crippen molar-refractivity contribution < 1.29 is 19.4 Å². The highest BCUT2D eigenvalue weighted by atomic mass is 16.5. The third-order valence-corrected chi connectivity index (χ3v) is 3.29. The van der Waals surface area contributed by atoms with Gasteiger partial charge in [0.25, 0.3) is 0 Å². The van der Waals surface area contributed by atoms with Crippen molar-refractivity contribution in [3.63, 3.8) is 0 Å². The lowest BCUT2D eigenvalue weighted by atomic mass is 10.1. The number of morpholine rings is 1. The molecule has 17 heavy (non-hydrogen) atoms. The minimum absolute atomic E-state index is 0.0113. The number of rotatable bonds is 2. The number of aliphatic hydroxyl groups is 1. The average Bonchev–Trinajstić information content (AvgIpc) is 2.76. The van der Waals surface area contributed by atoms with Gasteiger partial charge in [-0.1, -0.05) is 0 Å². The molecule has 2 aliphatic heterocycles. The van der Waals surface area contributed by atoms with E-state index in [2.05, 4.69) is 5.32 Å². The smallest absolute Gasteiger partial charge is 0.245 e. The van der Waals surface area contributed by atoms with E-state index in [1.807, 2.05) is 6.92 Å². The minimum atomic E-state index is -0.401. The van der Waals surface area contributed by atoms with Crippen LogP contribution in [-0.4, -0.2) is 59.8 Å². The van der Waals surface area contributed by atoms with Crippen LogP contribution in [0, 0.1) is 0 Å². The van der Waals surface area contributed by atoms with Gasteiger partial charge in [-0.2, -0.15) is 0 Å². The normalized spacial score (nSPS) is 33.6. The van der Waals surface area contributed by atoms with Crippen LogP contribution < -0.4 is 5.32 Å². The second-order valence-electron chi connectivity index (χ2n) is 4.64. The molecule has 2 N–H and O–H groups in total. The number of carbonyl (C=O) groups excluding carboxylic acids is 2. The molecule has 2 aliphatic rings. The van der Waals surface area contributed by atoms with Crippen molar-refractivity contribution in [2.75, 3.05) is 19.8 Å². The van der Waals surface area contributed by atoms with Crippen LogP contribution in [0.2, 0.25) is 0 Å². The van der Waals surface area contributed by atoms with Crippen molar-refractivity contribution in [1.82, 2.24) is 10.2 Å². The van der Waals surface area contributed by atoms with E-state index in [4.69, 9.17) is 9.84 Å². The first-order valence-electron chi connectivity index (χ1n) is 5.94. The Hall–Kier alpha value is -1.14. The van der Waals surface area contributed by atoms with Crippen LogP contribution in [0.1, 0.15) is 19.8 Å². The summed E-state index contributed by atoms with van der Waals surface area (Å²) in [6, 6.07) is -0.412. The quantitative estimate of drug-likeness (QED) is 0.642. The molecule has 2 saturated heterocycles. The molecule has 2 heterocycles. The van der Waals surface area contributed by atoms with Crippen LogP contribution >= 0.6 is 0 Å². The van der Waals surface area contributed by atoms with Crippen molar-refractivity contribution in [3.05, 3.63) is 0 Å². The Labute approximate surface area is 99.9 Å². The maximum Gasteiger partial charge on any atom is 0.245 e. The molecule has 2 unspecified atom stereocenters. The highest BCUT2D eigenvalue weighted by Crippen LogP contribution is 2.16. The van der Waals surface area contributed by atoms with Gasteiger partial charge in [0.2, 0.25) is 11.8 Å². The number of amides is 2. The van der Waals surface area contributed by atoms with Gasteiger partial charge in [0.1, 0.15) is 6.04 Å². The number of carbonyl (C=O) groups is 2. The number of aliphatic hydroxyl groups excluding tert-OH is 1. The molecule has 2 rings (SSSR count). The average molecular weight is 242 g/mol. The van der Waals surface area contributed by atoms with Gasteiger partial charge in [-0.3, -0.25) is 9.59 Å². The monoisotopic (exact) mass is 242 g/mol. The Morgan fingerprint density at radius 1 is 1.65 bits per heavy atom. The number of ether oxygens (including phenoxy) is 1. The topological polar surface area (TPSA) is 78.9 Å².